The standard InChI is InChI=1S/C21H24N2O4/c24-15-10-14(11-15)19(13-5-6-18-12(9-13)7-8-26-18)22-21(25)20-16-3-1-2-4-17(16)23-27-20/h5-6,9,14-15,19,24H,1-4,7-8,10-11H2,(H,22,25). The van der Waals surface area contributed by atoms with Gasteiger partial charge in [-0.15, -0.1) is 0 Å². The molecule has 1 aromatic carbocycles. The molecular weight excluding hydrogens is 344 g/mol. The van der Waals surface area contributed by atoms with E-state index in [1.54, 1.807) is 0 Å². The number of carbonyl (C=O) groups excluding carboxylic acids is 1. The van der Waals surface area contributed by atoms with Gasteiger partial charge in [-0.2, -0.15) is 0 Å². The number of aliphatic hydroxyl groups is 1. The van der Waals surface area contributed by atoms with Gasteiger partial charge in [-0.25, -0.2) is 0 Å². The number of fused-ring (bicyclic) bond motifs is 2. The Morgan fingerprint density at radius 1 is 1.22 bits per heavy atom. The molecule has 27 heavy (non-hydrogen) atoms. The molecule has 1 amide bonds. The van der Waals surface area contributed by atoms with E-state index in [-0.39, 0.29) is 24.0 Å². The van der Waals surface area contributed by atoms with Gasteiger partial charge < -0.3 is 19.7 Å². The Morgan fingerprint density at radius 2 is 2.07 bits per heavy atom. The van der Waals surface area contributed by atoms with Crippen LogP contribution in [0.15, 0.2) is 22.7 Å². The molecule has 1 fully saturated rings. The minimum Gasteiger partial charge on any atom is -0.493 e. The van der Waals surface area contributed by atoms with E-state index in [2.05, 4.69) is 16.5 Å². The lowest BCUT2D eigenvalue weighted by Gasteiger charge is -2.38. The van der Waals surface area contributed by atoms with E-state index in [4.69, 9.17) is 9.26 Å². The summed E-state index contributed by atoms with van der Waals surface area (Å²) in [6.45, 7) is 0.710. The number of hydrogen-bond donors (Lipinski definition) is 2. The zero-order valence-electron chi connectivity index (χ0n) is 15.2. The fourth-order valence-electron chi connectivity index (χ4n) is 4.55. The zero-order chi connectivity index (χ0) is 18.4. The summed E-state index contributed by atoms with van der Waals surface area (Å²) in [6, 6.07) is 6.00. The normalized spacial score (nSPS) is 24.3. The van der Waals surface area contributed by atoms with Gasteiger partial charge in [-0.1, -0.05) is 11.2 Å². The molecule has 6 heteroatoms. The first-order chi connectivity index (χ1) is 13.2. The molecule has 3 aliphatic rings. The van der Waals surface area contributed by atoms with Gasteiger partial charge in [0.25, 0.3) is 5.91 Å². The zero-order valence-corrected chi connectivity index (χ0v) is 15.2. The second-order valence-electron chi connectivity index (χ2n) is 7.95. The Labute approximate surface area is 157 Å². The van der Waals surface area contributed by atoms with Crippen LogP contribution in [0, 0.1) is 5.92 Å². The summed E-state index contributed by atoms with van der Waals surface area (Å²) in [5.74, 6) is 1.32. The van der Waals surface area contributed by atoms with E-state index in [0.29, 0.717) is 25.2 Å². The van der Waals surface area contributed by atoms with Crippen molar-refractivity contribution in [2.45, 2.75) is 57.1 Å². The number of aromatic nitrogens is 1. The number of benzene rings is 1. The number of carbonyl (C=O) groups is 1. The number of hydrogen-bond acceptors (Lipinski definition) is 5. The van der Waals surface area contributed by atoms with Crippen LogP contribution in [0.25, 0.3) is 0 Å². The molecule has 0 radical (unpaired) electrons. The molecule has 1 atom stereocenters. The van der Waals surface area contributed by atoms with Crippen molar-refractivity contribution in [3.05, 3.63) is 46.3 Å². The maximum absolute atomic E-state index is 13.0. The maximum atomic E-state index is 13.0. The fraction of sp³-hybridized carbons (Fsp3) is 0.524. The Kier molecular flexibility index (Phi) is 4.16. The molecule has 0 bridgehead atoms. The Morgan fingerprint density at radius 3 is 2.93 bits per heavy atom. The first-order valence-corrected chi connectivity index (χ1v) is 9.91. The third-order valence-corrected chi connectivity index (χ3v) is 6.15. The van der Waals surface area contributed by atoms with Crippen LogP contribution in [-0.4, -0.2) is 28.9 Å². The van der Waals surface area contributed by atoms with Crippen LogP contribution in [0.4, 0.5) is 0 Å². The van der Waals surface area contributed by atoms with Crippen LogP contribution in [-0.2, 0) is 19.3 Å². The molecule has 2 heterocycles. The molecule has 6 nitrogen and oxygen atoms in total. The molecule has 1 saturated carbocycles. The Hall–Kier alpha value is -2.34. The highest BCUT2D eigenvalue weighted by atomic mass is 16.5. The topological polar surface area (TPSA) is 84.6 Å². The first-order valence-electron chi connectivity index (χ1n) is 9.91. The predicted molar refractivity (Wildman–Crippen MR) is 97.7 cm³/mol. The lowest BCUT2D eigenvalue weighted by Crippen LogP contribution is -2.41. The molecule has 1 unspecified atom stereocenters. The van der Waals surface area contributed by atoms with Gasteiger partial charge >= 0.3 is 0 Å². The molecule has 2 aliphatic carbocycles. The highest BCUT2D eigenvalue weighted by Gasteiger charge is 2.37. The largest absolute Gasteiger partial charge is 0.493 e. The molecule has 2 N–H and O–H groups in total. The summed E-state index contributed by atoms with van der Waals surface area (Å²) < 4.78 is 11.0. The Balaban J connectivity index is 1.41. The number of aryl methyl sites for hydroxylation is 1. The smallest absolute Gasteiger partial charge is 0.290 e. The maximum Gasteiger partial charge on any atom is 0.290 e. The van der Waals surface area contributed by atoms with E-state index in [1.807, 2.05) is 12.1 Å². The van der Waals surface area contributed by atoms with Crippen LogP contribution < -0.4 is 10.1 Å². The van der Waals surface area contributed by atoms with E-state index >= 15 is 0 Å². The summed E-state index contributed by atoms with van der Waals surface area (Å²) >= 11 is 0. The molecule has 0 saturated heterocycles. The highest BCUT2D eigenvalue weighted by Crippen LogP contribution is 2.40. The minimum atomic E-state index is -0.273. The van der Waals surface area contributed by atoms with E-state index < -0.39 is 0 Å². The monoisotopic (exact) mass is 368 g/mol. The SMILES string of the molecule is O=C(NC(c1ccc2c(c1)CCO2)C1CC(O)C1)c1onc2c1CCCC2. The molecule has 142 valence electrons. The number of aliphatic hydroxyl groups excluding tert-OH is 1. The molecular formula is C21H24N2O4. The summed E-state index contributed by atoms with van der Waals surface area (Å²) in [6.07, 6.45) is 5.93. The van der Waals surface area contributed by atoms with Crippen molar-refractivity contribution in [1.29, 1.82) is 0 Å². The van der Waals surface area contributed by atoms with Gasteiger partial charge in [-0.3, -0.25) is 4.79 Å². The number of nitrogens with zero attached hydrogens (tertiary/aromatic N) is 1. The average Bonchev–Trinajstić information content (AvgIpc) is 3.29. The Bertz CT molecular complexity index is 869. The van der Waals surface area contributed by atoms with Crippen LogP contribution in [0.1, 0.15) is 64.7 Å². The van der Waals surface area contributed by atoms with Gasteiger partial charge in [0.1, 0.15) is 5.75 Å². The third-order valence-electron chi connectivity index (χ3n) is 6.15. The molecule has 1 aromatic heterocycles. The predicted octanol–water partition coefficient (Wildman–Crippen LogP) is 2.73. The van der Waals surface area contributed by atoms with E-state index in [1.165, 1.54) is 5.56 Å². The van der Waals surface area contributed by atoms with Crippen molar-refractivity contribution in [3.63, 3.8) is 0 Å². The molecule has 0 spiro atoms. The van der Waals surface area contributed by atoms with E-state index in [0.717, 1.165) is 54.7 Å². The highest BCUT2D eigenvalue weighted by molar-refractivity contribution is 5.93. The van der Waals surface area contributed by atoms with Crippen molar-refractivity contribution >= 4 is 5.91 Å². The van der Waals surface area contributed by atoms with E-state index in [9.17, 15) is 9.90 Å². The second kappa shape index (κ2) is 6.68. The number of rotatable bonds is 4. The minimum absolute atomic E-state index is 0.142. The lowest BCUT2D eigenvalue weighted by molar-refractivity contribution is 0.0231. The first kappa shape index (κ1) is 16.8. The number of nitrogens with one attached hydrogen (secondary N) is 1. The summed E-state index contributed by atoms with van der Waals surface area (Å²) in [5, 5.41) is 17.1. The van der Waals surface area contributed by atoms with Gasteiger partial charge in [0.15, 0.2) is 0 Å². The summed E-state index contributed by atoms with van der Waals surface area (Å²) in [4.78, 5) is 13.0. The van der Waals surface area contributed by atoms with Crippen LogP contribution in [0.3, 0.4) is 0 Å². The van der Waals surface area contributed by atoms with Crippen molar-refractivity contribution < 1.29 is 19.2 Å². The van der Waals surface area contributed by atoms with Crippen molar-refractivity contribution in [1.82, 2.24) is 10.5 Å². The summed E-state index contributed by atoms with van der Waals surface area (Å²) in [5.41, 5.74) is 4.15. The lowest BCUT2D eigenvalue weighted by atomic mass is 9.74. The van der Waals surface area contributed by atoms with Gasteiger partial charge in [-0.05, 0) is 67.7 Å². The van der Waals surface area contributed by atoms with Crippen molar-refractivity contribution in [2.24, 2.45) is 5.92 Å². The second-order valence-corrected chi connectivity index (χ2v) is 7.95. The van der Waals surface area contributed by atoms with Crippen LogP contribution in [0.5, 0.6) is 5.75 Å². The molecule has 1 aliphatic heterocycles. The van der Waals surface area contributed by atoms with Crippen LogP contribution in [0.2, 0.25) is 0 Å². The van der Waals surface area contributed by atoms with Gasteiger partial charge in [0, 0.05) is 12.0 Å². The van der Waals surface area contributed by atoms with Crippen LogP contribution >= 0.6 is 0 Å². The number of amides is 1. The summed E-state index contributed by atoms with van der Waals surface area (Å²) in [7, 11) is 0. The fourth-order valence-corrected chi connectivity index (χ4v) is 4.55. The third kappa shape index (κ3) is 3.02. The average molecular weight is 368 g/mol. The van der Waals surface area contributed by atoms with Gasteiger partial charge in [0.05, 0.1) is 24.4 Å². The van der Waals surface area contributed by atoms with Gasteiger partial charge in [0.2, 0.25) is 5.76 Å². The van der Waals surface area contributed by atoms with Crippen molar-refractivity contribution in [2.75, 3.05) is 6.61 Å². The quantitative estimate of drug-likeness (QED) is 0.867. The molecule has 5 rings (SSSR count). The number of ether oxygens (including phenoxy) is 1. The van der Waals surface area contributed by atoms with Crippen molar-refractivity contribution in [3.8, 4) is 5.75 Å². The molecule has 2 aromatic rings.